The first-order chi connectivity index (χ1) is 20.2. The van der Waals surface area contributed by atoms with Gasteiger partial charge < -0.3 is 14.4 Å². The van der Waals surface area contributed by atoms with E-state index in [1.165, 1.54) is 11.1 Å². The summed E-state index contributed by atoms with van der Waals surface area (Å²) >= 11 is 0. The summed E-state index contributed by atoms with van der Waals surface area (Å²) in [5.41, 5.74) is 9.20. The van der Waals surface area contributed by atoms with Crippen molar-refractivity contribution < 1.29 is 24.5 Å². The Bertz CT molecular complexity index is 2010. The Morgan fingerprint density at radius 2 is 1.56 bits per heavy atom. The second kappa shape index (κ2) is 12.6. The first-order valence-electron chi connectivity index (χ1n) is 14.2. The third-order valence-electron chi connectivity index (χ3n) is 7.15. The van der Waals surface area contributed by atoms with Gasteiger partial charge in [-0.3, -0.25) is 4.98 Å². The maximum absolute atomic E-state index is 6.42. The molecule has 0 spiro atoms. The van der Waals surface area contributed by atoms with Crippen molar-refractivity contribution in [3.8, 4) is 22.5 Å². The molecule has 5 heteroatoms. The van der Waals surface area contributed by atoms with Crippen LogP contribution in [0.1, 0.15) is 37.6 Å². The fourth-order valence-electron chi connectivity index (χ4n) is 5.23. The number of hydrogen-bond donors (Lipinski definition) is 0. The van der Waals surface area contributed by atoms with Crippen LogP contribution in [0, 0.1) is 31.4 Å². The smallest absolute Gasteiger partial charge is 0.130 e. The Kier molecular flexibility index (Phi) is 8.87. The van der Waals surface area contributed by atoms with Crippen molar-refractivity contribution in [3.63, 3.8) is 0 Å². The fraction of sp³-hybridized carbons (Fsp3) is 0.184. The number of hydrogen-bond acceptors (Lipinski definition) is 4. The van der Waals surface area contributed by atoms with Gasteiger partial charge in [0.1, 0.15) is 5.58 Å². The number of rotatable bonds is 3. The minimum Gasteiger partial charge on any atom is -0.500 e. The van der Waals surface area contributed by atoms with Crippen molar-refractivity contribution in [2.75, 3.05) is 0 Å². The van der Waals surface area contributed by atoms with Gasteiger partial charge in [0.15, 0.2) is 0 Å². The van der Waals surface area contributed by atoms with Crippen LogP contribution in [0.15, 0.2) is 102 Å². The first-order valence-corrected chi connectivity index (χ1v) is 14.2. The van der Waals surface area contributed by atoms with Crippen molar-refractivity contribution in [1.82, 2.24) is 15.0 Å². The van der Waals surface area contributed by atoms with Crippen LogP contribution in [0.5, 0.6) is 0 Å². The van der Waals surface area contributed by atoms with E-state index in [9.17, 15) is 0 Å². The molecule has 0 aliphatic rings. The maximum atomic E-state index is 6.42. The summed E-state index contributed by atoms with van der Waals surface area (Å²) in [4.78, 5) is 13.4. The van der Waals surface area contributed by atoms with E-state index in [4.69, 9.17) is 4.42 Å². The van der Waals surface area contributed by atoms with Crippen molar-refractivity contribution >= 4 is 32.7 Å². The van der Waals surface area contributed by atoms with Gasteiger partial charge in [-0.1, -0.05) is 67.6 Å². The summed E-state index contributed by atoms with van der Waals surface area (Å²) in [5, 5.41) is 4.35. The van der Waals surface area contributed by atoms with Gasteiger partial charge in [-0.15, -0.1) is 54.1 Å². The van der Waals surface area contributed by atoms with Gasteiger partial charge in [0.2, 0.25) is 0 Å². The molecular formula is C38H33IrN3O-2. The van der Waals surface area contributed by atoms with Crippen LogP contribution in [0.4, 0.5) is 0 Å². The third-order valence-corrected chi connectivity index (χ3v) is 7.15. The molecule has 4 heterocycles. The van der Waals surface area contributed by atoms with Crippen molar-refractivity contribution in [3.05, 3.63) is 126 Å². The summed E-state index contributed by atoms with van der Waals surface area (Å²) in [6.07, 6.45) is 6.65. The van der Waals surface area contributed by atoms with Gasteiger partial charge in [0, 0.05) is 55.2 Å². The number of aryl methyl sites for hydroxylation is 2. The Balaban J connectivity index is 0.000000221. The second-order valence-corrected chi connectivity index (χ2v) is 12.0. The zero-order valence-corrected chi connectivity index (χ0v) is 27.4. The van der Waals surface area contributed by atoms with Gasteiger partial charge in [0.05, 0.1) is 5.58 Å². The van der Waals surface area contributed by atoms with E-state index in [1.807, 2.05) is 68.8 Å². The first kappa shape index (κ1) is 30.3. The van der Waals surface area contributed by atoms with E-state index in [-0.39, 0.29) is 25.5 Å². The molecule has 217 valence electrons. The van der Waals surface area contributed by atoms with Gasteiger partial charge in [-0.2, -0.15) is 0 Å². The molecule has 0 saturated heterocycles. The molecule has 0 aliphatic heterocycles. The Morgan fingerprint density at radius 3 is 2.30 bits per heavy atom. The summed E-state index contributed by atoms with van der Waals surface area (Å²) in [6, 6.07) is 33.1. The molecule has 4 nitrogen and oxygen atoms in total. The van der Waals surface area contributed by atoms with E-state index >= 15 is 0 Å². The van der Waals surface area contributed by atoms with Crippen LogP contribution in [0.25, 0.3) is 55.2 Å². The number of aromatic nitrogens is 3. The number of benzene rings is 3. The van der Waals surface area contributed by atoms with E-state index in [1.54, 1.807) is 0 Å². The second-order valence-electron chi connectivity index (χ2n) is 12.0. The third kappa shape index (κ3) is 6.74. The quantitative estimate of drug-likeness (QED) is 0.170. The average Bonchev–Trinajstić information content (AvgIpc) is 3.37. The Morgan fingerprint density at radius 1 is 0.721 bits per heavy atom. The summed E-state index contributed by atoms with van der Waals surface area (Å²) in [7, 11) is 0. The van der Waals surface area contributed by atoms with Crippen molar-refractivity contribution in [1.29, 1.82) is 0 Å². The molecule has 0 bridgehead atoms. The fourth-order valence-corrected chi connectivity index (χ4v) is 5.23. The van der Waals surface area contributed by atoms with E-state index in [0.29, 0.717) is 0 Å². The number of fused-ring (bicyclic) bond motifs is 5. The predicted octanol–water partition coefficient (Wildman–Crippen LogP) is 9.75. The minimum atomic E-state index is 0. The summed E-state index contributed by atoms with van der Waals surface area (Å²) < 4.78 is 6.42. The van der Waals surface area contributed by atoms with Crippen LogP contribution in [-0.4, -0.2) is 15.0 Å². The van der Waals surface area contributed by atoms with Crippen LogP contribution in [0.2, 0.25) is 0 Å². The molecule has 1 radical (unpaired) electrons. The summed E-state index contributed by atoms with van der Waals surface area (Å²) in [5.74, 6) is 0. The topological polar surface area (TPSA) is 51.8 Å². The normalized spacial score (nSPS) is 11.3. The maximum Gasteiger partial charge on any atom is 0.130 e. The molecule has 0 fully saturated rings. The monoisotopic (exact) mass is 740 g/mol. The molecule has 0 N–H and O–H groups in total. The number of nitrogens with zero attached hydrogens (tertiary/aromatic N) is 3. The SMILES string of the molecule is Cc1cc2ccc3c4cc[c-]c(-c5cc(CC(C)(C)C)ccn5)c4oc3c2cn1.Cc1ccc(-c2[c-]cccc2)nc1.[Ir]. The van der Waals surface area contributed by atoms with E-state index < -0.39 is 0 Å². The molecule has 43 heavy (non-hydrogen) atoms. The van der Waals surface area contributed by atoms with E-state index in [2.05, 4.69) is 90.3 Å². The minimum absolute atomic E-state index is 0. The molecule has 7 aromatic rings. The Hall–Kier alpha value is -4.18. The molecule has 7 rings (SSSR count). The molecule has 0 unspecified atom stereocenters. The molecule has 0 atom stereocenters. The average molecular weight is 740 g/mol. The van der Waals surface area contributed by atoms with Crippen LogP contribution >= 0.6 is 0 Å². The van der Waals surface area contributed by atoms with Crippen molar-refractivity contribution in [2.45, 2.75) is 41.0 Å². The molecule has 0 saturated carbocycles. The summed E-state index contributed by atoms with van der Waals surface area (Å²) in [6.45, 7) is 10.8. The predicted molar refractivity (Wildman–Crippen MR) is 172 cm³/mol. The molecule has 0 aliphatic carbocycles. The molecule has 0 amide bonds. The standard InChI is InChI=1S/C26H23N2O.C12H10N.Ir/c1-16-12-18-8-9-20-19-6-5-7-21(24(19)29-25(20)22(18)15-28-16)23-13-17(10-11-27-23)14-26(2,3)4;1-10-7-8-12(13-9-10)11-5-3-2-4-6-11;/h5-6,8-13,15H,14H2,1-4H3;2-5,7-9H,1H3;/q2*-1;. The number of furan rings is 1. The molecular weight excluding hydrogens is 707 g/mol. The van der Waals surface area contributed by atoms with Gasteiger partial charge in [-0.05, 0) is 60.2 Å². The molecule has 3 aromatic carbocycles. The van der Waals surface area contributed by atoms with Gasteiger partial charge in [0.25, 0.3) is 0 Å². The van der Waals surface area contributed by atoms with Crippen LogP contribution in [0.3, 0.4) is 0 Å². The molecule has 4 aromatic heterocycles. The zero-order valence-electron chi connectivity index (χ0n) is 25.0. The van der Waals surface area contributed by atoms with Crippen LogP contribution < -0.4 is 0 Å². The largest absolute Gasteiger partial charge is 0.500 e. The van der Waals surface area contributed by atoms with Crippen LogP contribution in [-0.2, 0) is 26.5 Å². The van der Waals surface area contributed by atoms with Gasteiger partial charge >= 0.3 is 0 Å². The number of pyridine rings is 3. The van der Waals surface area contributed by atoms with Crippen molar-refractivity contribution in [2.24, 2.45) is 5.41 Å². The Labute approximate surface area is 266 Å². The zero-order chi connectivity index (χ0) is 29.3. The van der Waals surface area contributed by atoms with Gasteiger partial charge in [-0.25, -0.2) is 0 Å². The van der Waals surface area contributed by atoms with E-state index in [0.717, 1.165) is 67.3 Å².